The number of Topliss-reactive ketones (excluding diaryl/α,β-unsaturated/α-hetero) is 1. The number of hydrogen-bond donors (Lipinski definition) is 0. The second kappa shape index (κ2) is 5.46. The lowest BCUT2D eigenvalue weighted by atomic mass is 9.80. The average molecular weight is 310 g/mol. The zero-order valence-electron chi connectivity index (χ0n) is 13.4. The molecule has 0 aliphatic carbocycles. The number of carbonyl (C=O) groups is 1. The second-order valence-electron chi connectivity index (χ2n) is 6.10. The lowest BCUT2D eigenvalue weighted by molar-refractivity contribution is -0.124. The third-order valence-corrected chi connectivity index (χ3v) is 4.22. The number of rotatable bonds is 4. The van der Waals surface area contributed by atoms with Gasteiger partial charge in [-0.05, 0) is 19.4 Å². The van der Waals surface area contributed by atoms with Crippen LogP contribution in [0.5, 0.6) is 0 Å². The summed E-state index contributed by atoms with van der Waals surface area (Å²) in [4.78, 5) is 29.4. The van der Waals surface area contributed by atoms with Gasteiger partial charge in [-0.25, -0.2) is 4.98 Å². The minimum atomic E-state index is -0.676. The molecule has 2 aromatic heterocycles. The van der Waals surface area contributed by atoms with Gasteiger partial charge in [0, 0.05) is 7.05 Å². The molecule has 0 N–H and O–H groups in total. The van der Waals surface area contributed by atoms with E-state index in [0.29, 0.717) is 11.0 Å². The maximum absolute atomic E-state index is 12.7. The predicted molar refractivity (Wildman–Crippen MR) is 87.2 cm³/mol. The van der Waals surface area contributed by atoms with Gasteiger partial charge < -0.3 is 0 Å². The second-order valence-corrected chi connectivity index (χ2v) is 6.10. The maximum atomic E-state index is 12.7. The Hall–Kier alpha value is -2.76. The van der Waals surface area contributed by atoms with Crippen molar-refractivity contribution in [1.82, 2.24) is 19.3 Å². The first-order valence-electron chi connectivity index (χ1n) is 7.37. The molecule has 118 valence electrons. The molecule has 0 amide bonds. The molecular weight excluding hydrogens is 292 g/mol. The predicted octanol–water partition coefficient (Wildman–Crippen LogP) is 1.68. The molecule has 0 fully saturated rings. The topological polar surface area (TPSA) is 69.8 Å². The SMILES string of the molecule is Cn1ncc2c(=O)n(CC(=O)C(C)(C)c3ccccc3)cnc21. The highest BCUT2D eigenvalue weighted by Crippen LogP contribution is 2.24. The number of aromatic nitrogens is 4. The van der Waals surface area contributed by atoms with Gasteiger partial charge in [-0.1, -0.05) is 30.3 Å². The van der Waals surface area contributed by atoms with Crippen LogP contribution in [0.15, 0.2) is 47.7 Å². The zero-order chi connectivity index (χ0) is 16.6. The highest BCUT2D eigenvalue weighted by atomic mass is 16.1. The van der Waals surface area contributed by atoms with E-state index >= 15 is 0 Å². The van der Waals surface area contributed by atoms with Gasteiger partial charge in [0.1, 0.15) is 11.7 Å². The summed E-state index contributed by atoms with van der Waals surface area (Å²) in [5.41, 5.74) is 0.514. The van der Waals surface area contributed by atoms with Crippen LogP contribution >= 0.6 is 0 Å². The van der Waals surface area contributed by atoms with Crippen molar-refractivity contribution in [1.29, 1.82) is 0 Å². The number of carbonyl (C=O) groups excluding carboxylic acids is 1. The van der Waals surface area contributed by atoms with Crippen molar-refractivity contribution in [3.8, 4) is 0 Å². The highest BCUT2D eigenvalue weighted by Gasteiger charge is 2.29. The minimum absolute atomic E-state index is 0.0153. The molecule has 0 radical (unpaired) electrons. The molecule has 3 rings (SSSR count). The fourth-order valence-electron chi connectivity index (χ4n) is 2.55. The summed E-state index contributed by atoms with van der Waals surface area (Å²) in [5, 5.41) is 4.45. The van der Waals surface area contributed by atoms with E-state index in [1.807, 2.05) is 44.2 Å². The monoisotopic (exact) mass is 310 g/mol. The van der Waals surface area contributed by atoms with Gasteiger partial charge in [0.15, 0.2) is 11.4 Å². The van der Waals surface area contributed by atoms with Crippen LogP contribution in [0.2, 0.25) is 0 Å². The van der Waals surface area contributed by atoms with Crippen LogP contribution in [0.1, 0.15) is 19.4 Å². The Morgan fingerprint density at radius 3 is 2.61 bits per heavy atom. The van der Waals surface area contributed by atoms with Crippen LogP contribution in [0.25, 0.3) is 11.0 Å². The molecule has 0 saturated heterocycles. The van der Waals surface area contributed by atoms with Gasteiger partial charge in [-0.3, -0.25) is 18.8 Å². The van der Waals surface area contributed by atoms with Crippen LogP contribution in [0, 0.1) is 0 Å². The summed E-state index contributed by atoms with van der Waals surface area (Å²) < 4.78 is 2.88. The number of aryl methyl sites for hydroxylation is 1. The Kier molecular flexibility index (Phi) is 3.60. The van der Waals surface area contributed by atoms with Crippen LogP contribution in [0.4, 0.5) is 0 Å². The van der Waals surface area contributed by atoms with E-state index in [-0.39, 0.29) is 17.9 Å². The van der Waals surface area contributed by atoms with Crippen LogP contribution in [-0.4, -0.2) is 25.1 Å². The molecule has 0 bridgehead atoms. The summed E-state index contributed by atoms with van der Waals surface area (Å²) in [6.07, 6.45) is 2.89. The van der Waals surface area contributed by atoms with E-state index in [0.717, 1.165) is 5.56 Å². The fraction of sp³-hybridized carbons (Fsp3) is 0.294. The van der Waals surface area contributed by atoms with Crippen molar-refractivity contribution in [2.45, 2.75) is 25.8 Å². The molecule has 0 spiro atoms. The number of hydrogen-bond acceptors (Lipinski definition) is 4. The summed E-state index contributed by atoms with van der Waals surface area (Å²) >= 11 is 0. The fourth-order valence-corrected chi connectivity index (χ4v) is 2.55. The molecule has 6 nitrogen and oxygen atoms in total. The number of benzene rings is 1. The Morgan fingerprint density at radius 2 is 1.91 bits per heavy atom. The first-order valence-corrected chi connectivity index (χ1v) is 7.37. The summed E-state index contributed by atoms with van der Waals surface area (Å²) in [5.74, 6) is -0.0455. The molecule has 23 heavy (non-hydrogen) atoms. The normalized spacial score (nSPS) is 11.8. The van der Waals surface area contributed by atoms with E-state index in [1.165, 1.54) is 21.8 Å². The van der Waals surface area contributed by atoms with Crippen molar-refractivity contribution >= 4 is 16.8 Å². The van der Waals surface area contributed by atoms with E-state index < -0.39 is 5.41 Å². The highest BCUT2D eigenvalue weighted by molar-refractivity contribution is 5.89. The molecule has 2 heterocycles. The van der Waals surface area contributed by atoms with Crippen LogP contribution in [-0.2, 0) is 23.8 Å². The molecule has 0 unspecified atom stereocenters. The average Bonchev–Trinajstić information content (AvgIpc) is 2.93. The summed E-state index contributed by atoms with van der Waals surface area (Å²) in [6.45, 7) is 3.72. The first-order chi connectivity index (χ1) is 10.9. The smallest absolute Gasteiger partial charge is 0.264 e. The van der Waals surface area contributed by atoms with E-state index in [9.17, 15) is 9.59 Å². The van der Waals surface area contributed by atoms with Gasteiger partial charge in [0.25, 0.3) is 5.56 Å². The van der Waals surface area contributed by atoms with Gasteiger partial charge in [-0.15, -0.1) is 0 Å². The van der Waals surface area contributed by atoms with Gasteiger partial charge in [0.2, 0.25) is 0 Å². The van der Waals surface area contributed by atoms with Crippen molar-refractivity contribution in [3.63, 3.8) is 0 Å². The third-order valence-electron chi connectivity index (χ3n) is 4.22. The van der Waals surface area contributed by atoms with Gasteiger partial charge >= 0.3 is 0 Å². The van der Waals surface area contributed by atoms with E-state index in [2.05, 4.69) is 10.1 Å². The molecule has 3 aromatic rings. The molecule has 0 aliphatic rings. The van der Waals surface area contributed by atoms with E-state index in [1.54, 1.807) is 7.05 Å². The molecule has 0 atom stereocenters. The zero-order valence-corrected chi connectivity index (χ0v) is 13.4. The number of ketones is 1. The minimum Gasteiger partial charge on any atom is -0.297 e. The number of nitrogens with zero attached hydrogens (tertiary/aromatic N) is 4. The first kappa shape index (κ1) is 15.1. The quantitative estimate of drug-likeness (QED) is 0.735. The largest absolute Gasteiger partial charge is 0.297 e. The Bertz CT molecular complexity index is 923. The van der Waals surface area contributed by atoms with Gasteiger partial charge in [0.05, 0.1) is 18.2 Å². The van der Waals surface area contributed by atoms with Crippen molar-refractivity contribution in [3.05, 3.63) is 58.8 Å². The van der Waals surface area contributed by atoms with Crippen molar-refractivity contribution < 1.29 is 4.79 Å². The van der Waals surface area contributed by atoms with Gasteiger partial charge in [-0.2, -0.15) is 5.10 Å². The van der Waals surface area contributed by atoms with Crippen molar-refractivity contribution in [2.24, 2.45) is 7.05 Å². The molecule has 0 aliphatic heterocycles. The van der Waals surface area contributed by atoms with E-state index in [4.69, 9.17) is 0 Å². The maximum Gasteiger partial charge on any atom is 0.264 e. The summed E-state index contributed by atoms with van der Waals surface area (Å²) in [7, 11) is 1.72. The Labute approximate surface area is 133 Å². The lowest BCUT2D eigenvalue weighted by Crippen LogP contribution is -2.35. The molecular formula is C17H18N4O2. The molecule has 1 aromatic carbocycles. The van der Waals surface area contributed by atoms with Crippen LogP contribution in [0.3, 0.4) is 0 Å². The number of fused-ring (bicyclic) bond motifs is 1. The third kappa shape index (κ3) is 2.56. The Morgan fingerprint density at radius 1 is 1.22 bits per heavy atom. The Balaban J connectivity index is 1.94. The molecule has 0 saturated carbocycles. The lowest BCUT2D eigenvalue weighted by Gasteiger charge is -2.24. The standard InChI is InChI=1S/C17H18N4O2/c1-17(2,12-7-5-4-6-8-12)14(22)10-21-11-18-15-13(16(21)23)9-19-20(15)3/h4-9,11H,10H2,1-3H3. The molecule has 6 heteroatoms. The van der Waals surface area contributed by atoms with Crippen molar-refractivity contribution in [2.75, 3.05) is 0 Å². The summed E-state index contributed by atoms with van der Waals surface area (Å²) in [6, 6.07) is 9.56. The van der Waals surface area contributed by atoms with Crippen LogP contribution < -0.4 is 5.56 Å².